The highest BCUT2D eigenvalue weighted by Gasteiger charge is 2.53. The Morgan fingerprint density at radius 1 is 1.38 bits per heavy atom. The van der Waals surface area contributed by atoms with Gasteiger partial charge in [0.1, 0.15) is 6.17 Å². The first-order valence-electron chi connectivity index (χ1n) is 8.02. The van der Waals surface area contributed by atoms with Gasteiger partial charge in [-0.05, 0) is 37.1 Å². The number of amides is 1. The van der Waals surface area contributed by atoms with E-state index in [0.29, 0.717) is 5.91 Å². The van der Waals surface area contributed by atoms with Crippen molar-refractivity contribution in [2.75, 3.05) is 13.2 Å². The molecule has 21 heavy (non-hydrogen) atoms. The van der Waals surface area contributed by atoms with E-state index in [1.54, 1.807) is 11.3 Å². The first-order chi connectivity index (χ1) is 10.3. The fourth-order valence-electron chi connectivity index (χ4n) is 4.00. The lowest BCUT2D eigenvalue weighted by Gasteiger charge is -2.26. The number of carbonyl (C=O) groups excluding carboxylic acids is 1. The molecule has 1 N–H and O–H groups in total. The van der Waals surface area contributed by atoms with Crippen LogP contribution in [0.2, 0.25) is 0 Å². The number of nitrogens with one attached hydrogen (secondary N) is 1. The maximum Gasteiger partial charge on any atom is 0.244 e. The van der Waals surface area contributed by atoms with E-state index in [4.69, 9.17) is 4.74 Å². The van der Waals surface area contributed by atoms with Crippen LogP contribution in [0.4, 0.5) is 0 Å². The summed E-state index contributed by atoms with van der Waals surface area (Å²) in [6, 6.07) is 4.20. The first kappa shape index (κ1) is 13.7. The predicted molar refractivity (Wildman–Crippen MR) is 82.1 cm³/mol. The molecule has 1 spiro atoms. The molecule has 3 heterocycles. The molecule has 1 amide bonds. The van der Waals surface area contributed by atoms with Gasteiger partial charge in [-0.25, -0.2) is 0 Å². The van der Waals surface area contributed by atoms with Crippen LogP contribution in [0.25, 0.3) is 0 Å². The Labute approximate surface area is 129 Å². The van der Waals surface area contributed by atoms with Gasteiger partial charge in [-0.15, -0.1) is 11.3 Å². The van der Waals surface area contributed by atoms with E-state index in [1.165, 1.54) is 4.88 Å². The summed E-state index contributed by atoms with van der Waals surface area (Å²) >= 11 is 1.73. The number of carbonyl (C=O) groups is 1. The van der Waals surface area contributed by atoms with Crippen molar-refractivity contribution in [3.05, 3.63) is 22.4 Å². The molecule has 1 aliphatic carbocycles. The second-order valence-electron chi connectivity index (χ2n) is 6.44. The molecule has 4 nitrogen and oxygen atoms in total. The van der Waals surface area contributed by atoms with Crippen molar-refractivity contribution < 1.29 is 9.53 Å². The van der Waals surface area contributed by atoms with Crippen molar-refractivity contribution >= 4 is 17.2 Å². The van der Waals surface area contributed by atoms with Crippen LogP contribution in [-0.2, 0) is 9.53 Å². The molecular formula is C16H22N2O2S. The summed E-state index contributed by atoms with van der Waals surface area (Å²) in [6.45, 7) is 1.57. The summed E-state index contributed by atoms with van der Waals surface area (Å²) in [4.78, 5) is 16.3. The molecular weight excluding hydrogens is 284 g/mol. The fraction of sp³-hybridized carbons (Fsp3) is 0.688. The van der Waals surface area contributed by atoms with Gasteiger partial charge in [0.25, 0.3) is 0 Å². The van der Waals surface area contributed by atoms with Crippen LogP contribution in [0.3, 0.4) is 0 Å². The lowest BCUT2D eigenvalue weighted by atomic mass is 9.98. The lowest BCUT2D eigenvalue weighted by molar-refractivity contribution is -0.134. The van der Waals surface area contributed by atoms with E-state index in [9.17, 15) is 4.79 Å². The smallest absolute Gasteiger partial charge is 0.244 e. The second-order valence-corrected chi connectivity index (χ2v) is 7.42. The highest BCUT2D eigenvalue weighted by molar-refractivity contribution is 7.10. The van der Waals surface area contributed by atoms with Crippen molar-refractivity contribution in [2.45, 2.75) is 56.3 Å². The highest BCUT2D eigenvalue weighted by atomic mass is 32.1. The van der Waals surface area contributed by atoms with E-state index in [-0.39, 0.29) is 17.8 Å². The lowest BCUT2D eigenvalue weighted by Crippen LogP contribution is -2.44. The number of hydrogen-bond acceptors (Lipinski definition) is 4. The van der Waals surface area contributed by atoms with Crippen LogP contribution < -0.4 is 5.32 Å². The third kappa shape index (κ3) is 2.31. The largest absolute Gasteiger partial charge is 0.376 e. The zero-order chi connectivity index (χ0) is 14.3. The molecule has 3 fully saturated rings. The van der Waals surface area contributed by atoms with Crippen LogP contribution in [0.5, 0.6) is 0 Å². The standard InChI is InChI=1S/C16H22N2O2S/c19-15-16(7-1-2-8-16)17-14(13-6-4-10-21-13)18(15)11-12-5-3-9-20-12/h4,6,10,12,14,17H,1-3,5,7-9,11H2. The summed E-state index contributed by atoms with van der Waals surface area (Å²) in [5, 5.41) is 5.76. The van der Waals surface area contributed by atoms with Gasteiger partial charge in [-0.3, -0.25) is 10.1 Å². The molecule has 5 heteroatoms. The van der Waals surface area contributed by atoms with E-state index < -0.39 is 0 Å². The van der Waals surface area contributed by atoms with Crippen LogP contribution in [0.1, 0.15) is 49.6 Å². The molecule has 0 radical (unpaired) electrons. The molecule has 0 aromatic carbocycles. The second kappa shape index (κ2) is 5.38. The van der Waals surface area contributed by atoms with Crippen LogP contribution in [-0.4, -0.2) is 35.6 Å². The molecule has 2 atom stereocenters. The number of ether oxygens (including phenoxy) is 1. The maximum atomic E-state index is 13.0. The monoisotopic (exact) mass is 306 g/mol. The summed E-state index contributed by atoms with van der Waals surface area (Å²) in [5.41, 5.74) is -0.298. The molecule has 4 rings (SSSR count). The number of nitrogens with zero attached hydrogens (tertiary/aromatic N) is 1. The van der Waals surface area contributed by atoms with E-state index in [0.717, 1.165) is 51.7 Å². The normalized spacial score (nSPS) is 31.6. The number of hydrogen-bond donors (Lipinski definition) is 1. The van der Waals surface area contributed by atoms with Crippen molar-refractivity contribution in [3.63, 3.8) is 0 Å². The predicted octanol–water partition coefficient (Wildman–Crippen LogP) is 2.67. The maximum absolute atomic E-state index is 13.0. The molecule has 2 unspecified atom stereocenters. The average Bonchev–Trinajstić information content (AvgIpc) is 3.26. The van der Waals surface area contributed by atoms with Gasteiger partial charge in [-0.2, -0.15) is 0 Å². The first-order valence-corrected chi connectivity index (χ1v) is 8.90. The quantitative estimate of drug-likeness (QED) is 0.933. The molecule has 2 saturated heterocycles. The van der Waals surface area contributed by atoms with Gasteiger partial charge in [-0.1, -0.05) is 18.9 Å². The molecule has 114 valence electrons. The van der Waals surface area contributed by atoms with Gasteiger partial charge in [0.15, 0.2) is 0 Å². The Balaban J connectivity index is 1.61. The van der Waals surface area contributed by atoms with Gasteiger partial charge >= 0.3 is 0 Å². The molecule has 1 saturated carbocycles. The van der Waals surface area contributed by atoms with Gasteiger partial charge in [0, 0.05) is 18.0 Å². The summed E-state index contributed by atoms with van der Waals surface area (Å²) in [6.07, 6.45) is 6.73. The van der Waals surface area contributed by atoms with Crippen LogP contribution in [0.15, 0.2) is 17.5 Å². The van der Waals surface area contributed by atoms with Gasteiger partial charge < -0.3 is 9.64 Å². The highest BCUT2D eigenvalue weighted by Crippen LogP contribution is 2.42. The topological polar surface area (TPSA) is 41.6 Å². The average molecular weight is 306 g/mol. The SMILES string of the molecule is O=C1N(CC2CCCO2)C(c2cccs2)NC12CCCC2. The zero-order valence-corrected chi connectivity index (χ0v) is 13.0. The Morgan fingerprint density at radius 3 is 2.90 bits per heavy atom. The summed E-state index contributed by atoms with van der Waals surface area (Å²) < 4.78 is 5.76. The molecule has 0 bridgehead atoms. The van der Waals surface area contributed by atoms with Crippen LogP contribution in [0, 0.1) is 0 Å². The summed E-state index contributed by atoms with van der Waals surface area (Å²) in [7, 11) is 0. The Morgan fingerprint density at radius 2 is 2.24 bits per heavy atom. The third-order valence-electron chi connectivity index (χ3n) is 5.09. The van der Waals surface area contributed by atoms with Crippen molar-refractivity contribution in [1.82, 2.24) is 10.2 Å². The van der Waals surface area contributed by atoms with Gasteiger partial charge in [0.2, 0.25) is 5.91 Å². The third-order valence-corrected chi connectivity index (χ3v) is 6.01. The summed E-state index contributed by atoms with van der Waals surface area (Å²) in [5.74, 6) is 0.300. The minimum atomic E-state index is -0.298. The van der Waals surface area contributed by atoms with Crippen molar-refractivity contribution in [3.8, 4) is 0 Å². The van der Waals surface area contributed by atoms with E-state index in [2.05, 4.69) is 22.8 Å². The minimum absolute atomic E-state index is 0.0415. The number of thiophene rings is 1. The fourth-order valence-corrected chi connectivity index (χ4v) is 4.78. The Kier molecular flexibility index (Phi) is 3.52. The minimum Gasteiger partial charge on any atom is -0.376 e. The molecule has 1 aromatic rings. The molecule has 1 aromatic heterocycles. The van der Waals surface area contributed by atoms with E-state index in [1.807, 2.05) is 4.90 Å². The van der Waals surface area contributed by atoms with Gasteiger partial charge in [0.05, 0.1) is 11.6 Å². The molecule has 3 aliphatic rings. The Hall–Kier alpha value is -0.910. The Bertz CT molecular complexity index is 504. The van der Waals surface area contributed by atoms with E-state index >= 15 is 0 Å². The zero-order valence-electron chi connectivity index (χ0n) is 12.2. The van der Waals surface area contributed by atoms with Crippen molar-refractivity contribution in [2.24, 2.45) is 0 Å². The number of rotatable bonds is 3. The van der Waals surface area contributed by atoms with Crippen molar-refractivity contribution in [1.29, 1.82) is 0 Å². The molecule has 2 aliphatic heterocycles. The van der Waals surface area contributed by atoms with Crippen LogP contribution >= 0.6 is 11.3 Å².